The minimum Gasteiger partial charge on any atom is -0.359 e. The quantitative estimate of drug-likeness (QED) is 0.902. The normalized spacial score (nSPS) is 31.9. The molecule has 0 radical (unpaired) electrons. The summed E-state index contributed by atoms with van der Waals surface area (Å²) in [6, 6.07) is 8.74. The predicted molar refractivity (Wildman–Crippen MR) is 79.5 cm³/mol. The molecular formula is C15H20N2S. The third-order valence-corrected chi connectivity index (χ3v) is 5.42. The molecule has 1 heterocycles. The van der Waals surface area contributed by atoms with E-state index in [9.17, 15) is 0 Å². The van der Waals surface area contributed by atoms with E-state index in [2.05, 4.69) is 43.4 Å². The second kappa shape index (κ2) is 4.61. The summed E-state index contributed by atoms with van der Waals surface area (Å²) < 4.78 is 0. The molecule has 1 aliphatic carbocycles. The van der Waals surface area contributed by atoms with Crippen LogP contribution in [0.15, 0.2) is 29.3 Å². The van der Waals surface area contributed by atoms with Gasteiger partial charge in [0.2, 0.25) is 0 Å². The Morgan fingerprint density at radius 3 is 3.00 bits per heavy atom. The molecular weight excluding hydrogens is 240 g/mol. The van der Waals surface area contributed by atoms with E-state index in [0.717, 1.165) is 23.9 Å². The van der Waals surface area contributed by atoms with Gasteiger partial charge >= 0.3 is 0 Å². The maximum absolute atomic E-state index is 4.76. The summed E-state index contributed by atoms with van der Waals surface area (Å²) in [6.07, 6.45) is 2.36. The number of amidine groups is 1. The van der Waals surface area contributed by atoms with E-state index in [1.807, 2.05) is 11.8 Å². The van der Waals surface area contributed by atoms with Gasteiger partial charge in [0.25, 0.3) is 0 Å². The van der Waals surface area contributed by atoms with E-state index in [0.29, 0.717) is 5.92 Å². The Bertz CT molecular complexity index is 483. The van der Waals surface area contributed by atoms with Crippen LogP contribution in [0.5, 0.6) is 0 Å². The average Bonchev–Trinajstić information content (AvgIpc) is 2.73. The highest BCUT2D eigenvalue weighted by Crippen LogP contribution is 2.35. The number of benzene rings is 1. The van der Waals surface area contributed by atoms with Crippen molar-refractivity contribution in [1.29, 1.82) is 0 Å². The van der Waals surface area contributed by atoms with Crippen LogP contribution in [0.25, 0.3) is 0 Å². The Kier molecular flexibility index (Phi) is 3.10. The second-order valence-electron chi connectivity index (χ2n) is 5.57. The molecule has 96 valence electrons. The summed E-state index contributed by atoms with van der Waals surface area (Å²) in [4.78, 5) is 4.76. The Morgan fingerprint density at radius 1 is 1.44 bits per heavy atom. The maximum atomic E-state index is 4.76. The van der Waals surface area contributed by atoms with Crippen LogP contribution in [-0.2, 0) is 6.42 Å². The minimum atomic E-state index is 0.251. The zero-order valence-corrected chi connectivity index (χ0v) is 11.9. The van der Waals surface area contributed by atoms with Crippen LogP contribution >= 0.6 is 11.8 Å². The highest BCUT2D eigenvalue weighted by molar-refractivity contribution is 8.14. The lowest BCUT2D eigenvalue weighted by Gasteiger charge is -2.28. The number of aliphatic imine (C=N–C) groups is 1. The topological polar surface area (TPSA) is 24.4 Å². The molecule has 0 saturated carbocycles. The molecule has 1 fully saturated rings. The van der Waals surface area contributed by atoms with Crippen LogP contribution in [0.3, 0.4) is 0 Å². The van der Waals surface area contributed by atoms with E-state index in [1.54, 1.807) is 0 Å². The number of rotatable bonds is 3. The summed E-state index contributed by atoms with van der Waals surface area (Å²) in [6.45, 7) is 5.45. The Labute approximate surface area is 113 Å². The number of thioether (sulfide) groups is 1. The lowest BCUT2D eigenvalue weighted by Crippen LogP contribution is -2.39. The van der Waals surface area contributed by atoms with Gasteiger partial charge in [0.15, 0.2) is 5.17 Å². The largest absolute Gasteiger partial charge is 0.359 e. The van der Waals surface area contributed by atoms with Gasteiger partial charge in [-0.3, -0.25) is 4.99 Å². The molecule has 0 aromatic heterocycles. The van der Waals surface area contributed by atoms with Crippen molar-refractivity contribution < 1.29 is 0 Å². The first-order valence-electron chi connectivity index (χ1n) is 6.73. The van der Waals surface area contributed by atoms with Crippen LogP contribution in [0, 0.1) is 0 Å². The highest BCUT2D eigenvalue weighted by Gasteiger charge is 2.31. The molecule has 1 aromatic carbocycles. The lowest BCUT2D eigenvalue weighted by molar-refractivity contribution is 0.465. The molecule has 2 nitrogen and oxygen atoms in total. The summed E-state index contributed by atoms with van der Waals surface area (Å²) in [5.74, 6) is 1.79. The lowest BCUT2D eigenvalue weighted by atomic mass is 9.78. The third-order valence-electron chi connectivity index (χ3n) is 4.13. The summed E-state index contributed by atoms with van der Waals surface area (Å²) >= 11 is 1.87. The fourth-order valence-electron chi connectivity index (χ4n) is 2.55. The van der Waals surface area contributed by atoms with Crippen LogP contribution in [0.1, 0.15) is 37.3 Å². The first-order chi connectivity index (χ1) is 8.70. The van der Waals surface area contributed by atoms with Crippen LogP contribution < -0.4 is 5.32 Å². The van der Waals surface area contributed by atoms with Crippen LogP contribution in [-0.4, -0.2) is 23.0 Å². The van der Waals surface area contributed by atoms with E-state index < -0.39 is 0 Å². The van der Waals surface area contributed by atoms with Crippen LogP contribution in [0.4, 0.5) is 0 Å². The Morgan fingerprint density at radius 2 is 2.28 bits per heavy atom. The van der Waals surface area contributed by atoms with Gasteiger partial charge in [0.05, 0.1) is 0 Å². The van der Waals surface area contributed by atoms with Gasteiger partial charge in [-0.15, -0.1) is 0 Å². The molecule has 3 rings (SSSR count). The molecule has 2 atom stereocenters. The molecule has 3 heteroatoms. The zero-order chi connectivity index (χ0) is 12.6. The van der Waals surface area contributed by atoms with Crippen molar-refractivity contribution in [3.05, 3.63) is 35.4 Å². The van der Waals surface area contributed by atoms with Gasteiger partial charge in [0, 0.05) is 23.8 Å². The van der Waals surface area contributed by atoms with Gasteiger partial charge < -0.3 is 5.32 Å². The molecule has 2 unspecified atom stereocenters. The average molecular weight is 260 g/mol. The first kappa shape index (κ1) is 12.1. The van der Waals surface area contributed by atoms with Gasteiger partial charge in [0.1, 0.15) is 0 Å². The second-order valence-corrected chi connectivity index (χ2v) is 6.54. The van der Waals surface area contributed by atoms with Crippen molar-refractivity contribution in [3.63, 3.8) is 0 Å². The van der Waals surface area contributed by atoms with E-state index >= 15 is 0 Å². The standard InChI is InChI=1S/C15H20N2S/c1-3-15(2)10-18-14(17-15)16-9-12-8-11-6-4-5-7-13(11)12/h4-7,12H,3,8-10H2,1-2H3,(H,16,17). The van der Waals surface area contributed by atoms with Gasteiger partial charge in [-0.25, -0.2) is 0 Å². The molecule has 1 saturated heterocycles. The number of nitrogens with one attached hydrogen (secondary N) is 1. The van der Waals surface area contributed by atoms with E-state index in [4.69, 9.17) is 4.99 Å². The number of hydrogen-bond donors (Lipinski definition) is 1. The SMILES string of the molecule is CCC1(C)CSC(=NCC2Cc3ccccc32)N1. The molecule has 18 heavy (non-hydrogen) atoms. The van der Waals surface area contributed by atoms with Gasteiger partial charge in [-0.05, 0) is 30.9 Å². The Balaban J connectivity index is 1.61. The molecule has 2 aliphatic rings. The first-order valence-corrected chi connectivity index (χ1v) is 7.72. The highest BCUT2D eigenvalue weighted by atomic mass is 32.2. The summed E-state index contributed by atoms with van der Waals surface area (Å²) in [7, 11) is 0. The fraction of sp³-hybridized carbons (Fsp3) is 0.533. The minimum absolute atomic E-state index is 0.251. The van der Waals surface area contributed by atoms with Crippen molar-refractivity contribution in [1.82, 2.24) is 5.32 Å². The number of fused-ring (bicyclic) bond motifs is 1. The Hall–Kier alpha value is -0.960. The van der Waals surface area contributed by atoms with Crippen molar-refractivity contribution in [3.8, 4) is 0 Å². The fourth-order valence-corrected chi connectivity index (χ4v) is 3.77. The van der Waals surface area contributed by atoms with Crippen molar-refractivity contribution in [2.45, 2.75) is 38.1 Å². The molecule has 0 bridgehead atoms. The van der Waals surface area contributed by atoms with Gasteiger partial charge in [-0.2, -0.15) is 0 Å². The van der Waals surface area contributed by atoms with E-state index in [-0.39, 0.29) is 5.54 Å². The van der Waals surface area contributed by atoms with Crippen molar-refractivity contribution >= 4 is 16.9 Å². The molecule has 0 amide bonds. The zero-order valence-electron chi connectivity index (χ0n) is 11.1. The van der Waals surface area contributed by atoms with Crippen LogP contribution in [0.2, 0.25) is 0 Å². The molecule has 1 aliphatic heterocycles. The van der Waals surface area contributed by atoms with Crippen molar-refractivity contribution in [2.75, 3.05) is 12.3 Å². The molecule has 1 aromatic rings. The number of hydrogen-bond acceptors (Lipinski definition) is 2. The molecule has 1 N–H and O–H groups in total. The van der Waals surface area contributed by atoms with E-state index in [1.165, 1.54) is 17.5 Å². The predicted octanol–water partition coefficient (Wildman–Crippen LogP) is 3.19. The van der Waals surface area contributed by atoms with Gasteiger partial charge in [-0.1, -0.05) is 43.0 Å². The summed E-state index contributed by atoms with van der Waals surface area (Å²) in [5.41, 5.74) is 3.26. The van der Waals surface area contributed by atoms with Crippen molar-refractivity contribution in [2.24, 2.45) is 4.99 Å². The maximum Gasteiger partial charge on any atom is 0.157 e. The smallest absolute Gasteiger partial charge is 0.157 e. The monoisotopic (exact) mass is 260 g/mol. The third kappa shape index (κ3) is 2.16. The molecule has 0 spiro atoms. The number of nitrogens with zero attached hydrogens (tertiary/aromatic N) is 1. The summed E-state index contributed by atoms with van der Waals surface area (Å²) in [5, 5.41) is 4.70.